The number of hydrogen-bond donors (Lipinski definition) is 2. The number of H-pyrrole nitrogens is 1. The summed E-state index contributed by atoms with van der Waals surface area (Å²) < 4.78 is 0. The molecule has 92 valence electrons. The second-order valence-corrected chi connectivity index (χ2v) is 5.26. The molecule has 1 saturated heterocycles. The number of nitrogens with one attached hydrogen (secondary N) is 1. The first-order valence-electron chi connectivity index (χ1n) is 4.66. The molecule has 2 rings (SSSR count). The normalized spacial score (nSPS) is 19.6. The van der Waals surface area contributed by atoms with Gasteiger partial charge in [0.2, 0.25) is 0 Å². The van der Waals surface area contributed by atoms with Crippen molar-refractivity contribution in [1.82, 2.24) is 9.88 Å². The Morgan fingerprint density at radius 3 is 2.76 bits per heavy atom. The quantitative estimate of drug-likeness (QED) is 0.874. The minimum atomic E-state index is -1.01. The summed E-state index contributed by atoms with van der Waals surface area (Å²) in [5.41, 5.74) is 0.203. The number of aromatic nitrogens is 1. The SMILES string of the molecule is O=C(O)C1CSCN1C(=O)c1cc(Cl)c(Cl)[nH]1. The monoisotopic (exact) mass is 294 g/mol. The van der Waals surface area contributed by atoms with E-state index in [9.17, 15) is 9.59 Å². The summed E-state index contributed by atoms with van der Waals surface area (Å²) in [6.07, 6.45) is 0. The highest BCUT2D eigenvalue weighted by atomic mass is 35.5. The number of carbonyl (C=O) groups is 2. The van der Waals surface area contributed by atoms with E-state index in [4.69, 9.17) is 28.3 Å². The number of carbonyl (C=O) groups excluding carboxylic acids is 1. The molecule has 1 atom stereocenters. The molecule has 1 amide bonds. The lowest BCUT2D eigenvalue weighted by molar-refractivity contribution is -0.140. The minimum absolute atomic E-state index is 0.175. The van der Waals surface area contributed by atoms with Crippen molar-refractivity contribution >= 4 is 46.8 Å². The maximum Gasteiger partial charge on any atom is 0.327 e. The Balaban J connectivity index is 2.22. The molecule has 5 nitrogen and oxygen atoms in total. The van der Waals surface area contributed by atoms with Crippen LogP contribution in [0.5, 0.6) is 0 Å². The molecule has 8 heteroatoms. The Hall–Kier alpha value is -0.850. The Bertz CT molecular complexity index is 457. The number of carboxylic acid groups (broad SMARTS) is 1. The van der Waals surface area contributed by atoms with Crippen LogP contribution in [0.25, 0.3) is 0 Å². The standard InChI is InChI=1S/C9H8Cl2N2O3S/c10-4-1-5(12-7(4)11)8(14)13-3-17-2-6(13)9(15)16/h1,6,12H,2-3H2,(H,15,16). The van der Waals surface area contributed by atoms with Gasteiger partial charge in [-0.3, -0.25) is 4.79 Å². The number of thioether (sulfide) groups is 1. The topological polar surface area (TPSA) is 73.4 Å². The molecule has 17 heavy (non-hydrogen) atoms. The van der Waals surface area contributed by atoms with Crippen LogP contribution < -0.4 is 0 Å². The van der Waals surface area contributed by atoms with E-state index in [-0.39, 0.29) is 15.9 Å². The average molecular weight is 295 g/mol. The third kappa shape index (κ3) is 2.38. The number of aromatic amines is 1. The highest BCUT2D eigenvalue weighted by Crippen LogP contribution is 2.26. The molecule has 0 aliphatic carbocycles. The van der Waals surface area contributed by atoms with Crippen LogP contribution >= 0.6 is 35.0 Å². The predicted molar refractivity (Wildman–Crippen MR) is 65.7 cm³/mol. The number of halogens is 2. The lowest BCUT2D eigenvalue weighted by Gasteiger charge is -2.19. The third-order valence-electron chi connectivity index (χ3n) is 2.38. The van der Waals surface area contributed by atoms with Crippen molar-refractivity contribution in [2.45, 2.75) is 6.04 Å². The van der Waals surface area contributed by atoms with Gasteiger partial charge < -0.3 is 15.0 Å². The van der Waals surface area contributed by atoms with Crippen LogP contribution in [0.1, 0.15) is 10.5 Å². The minimum Gasteiger partial charge on any atom is -0.480 e. The van der Waals surface area contributed by atoms with Crippen LogP contribution in [0.15, 0.2) is 6.07 Å². The van der Waals surface area contributed by atoms with E-state index < -0.39 is 17.9 Å². The fourth-order valence-corrected chi connectivity index (χ4v) is 2.98. The molecular weight excluding hydrogens is 287 g/mol. The van der Waals surface area contributed by atoms with E-state index in [2.05, 4.69) is 4.98 Å². The summed E-state index contributed by atoms with van der Waals surface area (Å²) in [4.78, 5) is 26.9. The maximum atomic E-state index is 12.0. The van der Waals surface area contributed by atoms with Crippen molar-refractivity contribution in [2.75, 3.05) is 11.6 Å². The lowest BCUT2D eigenvalue weighted by atomic mass is 10.2. The lowest BCUT2D eigenvalue weighted by Crippen LogP contribution is -2.41. The van der Waals surface area contributed by atoms with E-state index in [1.807, 2.05) is 0 Å². The zero-order chi connectivity index (χ0) is 12.6. The van der Waals surface area contributed by atoms with Gasteiger partial charge >= 0.3 is 5.97 Å². The Labute approximate surface area is 111 Å². The molecular formula is C9H8Cl2N2O3S. The van der Waals surface area contributed by atoms with Gasteiger partial charge in [-0.2, -0.15) is 0 Å². The van der Waals surface area contributed by atoms with Crippen LogP contribution in [0, 0.1) is 0 Å². The summed E-state index contributed by atoms with van der Waals surface area (Å²) in [6, 6.07) is 0.599. The van der Waals surface area contributed by atoms with Crippen LogP contribution in [-0.2, 0) is 4.79 Å². The molecule has 1 aliphatic rings. The van der Waals surface area contributed by atoms with Crippen molar-refractivity contribution in [3.63, 3.8) is 0 Å². The summed E-state index contributed by atoms with van der Waals surface area (Å²) >= 11 is 12.8. The van der Waals surface area contributed by atoms with Gasteiger partial charge in [0.1, 0.15) is 16.9 Å². The fraction of sp³-hybridized carbons (Fsp3) is 0.333. The van der Waals surface area contributed by atoms with Crippen molar-refractivity contribution < 1.29 is 14.7 Å². The molecule has 0 bridgehead atoms. The molecule has 0 radical (unpaired) electrons. The van der Waals surface area contributed by atoms with E-state index in [0.29, 0.717) is 11.6 Å². The number of carboxylic acids is 1. The van der Waals surface area contributed by atoms with E-state index in [1.165, 1.54) is 22.7 Å². The number of rotatable bonds is 2. The van der Waals surface area contributed by atoms with Crippen molar-refractivity contribution in [3.05, 3.63) is 21.9 Å². The van der Waals surface area contributed by atoms with E-state index in [0.717, 1.165) is 0 Å². The van der Waals surface area contributed by atoms with Gasteiger partial charge in [0.25, 0.3) is 5.91 Å². The van der Waals surface area contributed by atoms with Gasteiger partial charge in [-0.15, -0.1) is 11.8 Å². The average Bonchev–Trinajstić information content (AvgIpc) is 2.85. The largest absolute Gasteiger partial charge is 0.480 e. The molecule has 1 aromatic heterocycles. The van der Waals surface area contributed by atoms with Gasteiger partial charge in [-0.05, 0) is 6.07 Å². The number of amides is 1. The summed E-state index contributed by atoms with van der Waals surface area (Å²) in [7, 11) is 0. The first kappa shape index (κ1) is 12.6. The molecule has 0 saturated carbocycles. The summed E-state index contributed by atoms with van der Waals surface area (Å²) in [5, 5.41) is 9.39. The first-order chi connectivity index (χ1) is 8.00. The van der Waals surface area contributed by atoms with Crippen LogP contribution in [0.2, 0.25) is 10.2 Å². The second-order valence-electron chi connectivity index (χ2n) is 3.47. The van der Waals surface area contributed by atoms with Crippen LogP contribution in [-0.4, -0.2) is 44.5 Å². The van der Waals surface area contributed by atoms with Gasteiger partial charge in [-0.1, -0.05) is 23.2 Å². The molecule has 1 unspecified atom stereocenters. The van der Waals surface area contributed by atoms with E-state index >= 15 is 0 Å². The van der Waals surface area contributed by atoms with E-state index in [1.54, 1.807) is 0 Å². The predicted octanol–water partition coefficient (Wildman–Crippen LogP) is 1.92. The molecule has 2 heterocycles. The molecule has 1 fully saturated rings. The Morgan fingerprint density at radius 2 is 2.24 bits per heavy atom. The Kier molecular flexibility index (Phi) is 3.56. The Morgan fingerprint density at radius 1 is 1.53 bits per heavy atom. The van der Waals surface area contributed by atoms with Crippen LogP contribution in [0.3, 0.4) is 0 Å². The molecule has 2 N–H and O–H groups in total. The number of hydrogen-bond acceptors (Lipinski definition) is 3. The highest BCUT2D eigenvalue weighted by Gasteiger charge is 2.35. The first-order valence-corrected chi connectivity index (χ1v) is 6.57. The van der Waals surface area contributed by atoms with Gasteiger partial charge in [-0.25, -0.2) is 4.79 Å². The number of aliphatic carboxylic acids is 1. The zero-order valence-electron chi connectivity index (χ0n) is 8.44. The smallest absolute Gasteiger partial charge is 0.327 e. The molecule has 1 aromatic rings. The van der Waals surface area contributed by atoms with Crippen molar-refractivity contribution in [1.29, 1.82) is 0 Å². The maximum absolute atomic E-state index is 12.0. The number of nitrogens with zero attached hydrogens (tertiary/aromatic N) is 1. The third-order valence-corrected chi connectivity index (χ3v) is 4.09. The summed E-state index contributed by atoms with van der Waals surface area (Å²) in [5.74, 6) is -0.670. The van der Waals surface area contributed by atoms with Gasteiger partial charge in [0.15, 0.2) is 0 Å². The van der Waals surface area contributed by atoms with Gasteiger partial charge in [0.05, 0.1) is 10.9 Å². The molecule has 0 aromatic carbocycles. The summed E-state index contributed by atoms with van der Waals surface area (Å²) in [6.45, 7) is 0. The molecule has 1 aliphatic heterocycles. The van der Waals surface area contributed by atoms with Crippen molar-refractivity contribution in [3.8, 4) is 0 Å². The fourth-order valence-electron chi connectivity index (χ4n) is 1.52. The highest BCUT2D eigenvalue weighted by molar-refractivity contribution is 7.99. The second kappa shape index (κ2) is 4.80. The van der Waals surface area contributed by atoms with Gasteiger partial charge in [0, 0.05) is 5.75 Å². The van der Waals surface area contributed by atoms with Crippen molar-refractivity contribution in [2.24, 2.45) is 0 Å². The zero-order valence-corrected chi connectivity index (χ0v) is 10.8. The van der Waals surface area contributed by atoms with Crippen LogP contribution in [0.4, 0.5) is 0 Å². The molecule has 0 spiro atoms.